The Morgan fingerprint density at radius 1 is 0.395 bits per heavy atom. The van der Waals surface area contributed by atoms with E-state index in [9.17, 15) is 19.0 Å². The van der Waals surface area contributed by atoms with Gasteiger partial charge in [0.1, 0.15) is 19.8 Å². The fourth-order valence-corrected chi connectivity index (χ4v) is 9.95. The molecule has 2 atom stereocenters. The normalized spacial score (nSPS) is 13.8. The molecule has 2 unspecified atom stereocenters. The van der Waals surface area contributed by atoms with Crippen molar-refractivity contribution in [2.24, 2.45) is 0 Å². The number of phosphoric ester groups is 1. The molecule has 0 N–H and O–H groups in total. The van der Waals surface area contributed by atoms with Crippen LogP contribution in [0, 0.1) is 0 Å². The molecule has 0 aromatic heterocycles. The van der Waals surface area contributed by atoms with E-state index in [1.807, 2.05) is 21.1 Å². The highest BCUT2D eigenvalue weighted by atomic mass is 31.2. The number of ether oxygens (including phenoxy) is 2. The van der Waals surface area contributed by atoms with Gasteiger partial charge in [0.25, 0.3) is 7.82 Å². The van der Waals surface area contributed by atoms with Crippen LogP contribution in [-0.2, 0) is 32.7 Å². The van der Waals surface area contributed by atoms with Gasteiger partial charge >= 0.3 is 11.9 Å². The number of nitrogens with zero attached hydrogens (tertiary/aromatic N) is 1. The third-order valence-electron chi connectivity index (χ3n) is 14.3. The predicted molar refractivity (Wildman–Crippen MR) is 346 cm³/mol. The van der Waals surface area contributed by atoms with Crippen LogP contribution < -0.4 is 4.89 Å². The molecule has 0 fully saturated rings. The van der Waals surface area contributed by atoms with Gasteiger partial charge in [0.15, 0.2) is 6.10 Å². The summed E-state index contributed by atoms with van der Waals surface area (Å²) in [6.45, 7) is 4.11. The lowest BCUT2D eigenvalue weighted by Crippen LogP contribution is -2.37. The minimum absolute atomic E-state index is 0.0344. The Morgan fingerprint density at radius 2 is 0.704 bits per heavy atom. The first-order valence-electron chi connectivity index (χ1n) is 33.4. The van der Waals surface area contributed by atoms with Gasteiger partial charge < -0.3 is 27.9 Å². The molecule has 0 aliphatic heterocycles. The molecule has 0 aliphatic rings. The van der Waals surface area contributed by atoms with Gasteiger partial charge in [-0.1, -0.05) is 278 Å². The van der Waals surface area contributed by atoms with Crippen molar-refractivity contribution >= 4 is 19.8 Å². The molecule has 0 aliphatic carbocycles. The van der Waals surface area contributed by atoms with E-state index >= 15 is 0 Å². The van der Waals surface area contributed by atoms with Crippen molar-refractivity contribution < 1.29 is 42.1 Å². The van der Waals surface area contributed by atoms with Crippen LogP contribution in [0.15, 0.2) is 97.2 Å². The van der Waals surface area contributed by atoms with E-state index in [4.69, 9.17) is 18.5 Å². The third kappa shape index (κ3) is 65.9. The fourth-order valence-electron chi connectivity index (χ4n) is 9.22. The van der Waals surface area contributed by atoms with Crippen molar-refractivity contribution in [3.05, 3.63) is 97.2 Å². The topological polar surface area (TPSA) is 111 Å². The number of rotatable bonds is 61. The number of phosphoric acid groups is 1. The van der Waals surface area contributed by atoms with Crippen molar-refractivity contribution in [1.29, 1.82) is 0 Å². The van der Waals surface area contributed by atoms with Gasteiger partial charge in [-0.2, -0.15) is 0 Å². The van der Waals surface area contributed by atoms with Crippen molar-refractivity contribution in [3.63, 3.8) is 0 Å². The molecule has 81 heavy (non-hydrogen) atoms. The number of carbonyl (C=O) groups is 2. The maximum Gasteiger partial charge on any atom is 0.306 e. The molecule has 9 nitrogen and oxygen atoms in total. The van der Waals surface area contributed by atoms with Crippen molar-refractivity contribution in [3.8, 4) is 0 Å². The predicted octanol–water partition coefficient (Wildman–Crippen LogP) is 20.9. The van der Waals surface area contributed by atoms with E-state index in [0.29, 0.717) is 23.9 Å². The first kappa shape index (κ1) is 77.9. The minimum Gasteiger partial charge on any atom is -0.756 e. The van der Waals surface area contributed by atoms with E-state index in [-0.39, 0.29) is 26.1 Å². The average Bonchev–Trinajstić information content (AvgIpc) is 3.43. The van der Waals surface area contributed by atoms with E-state index in [2.05, 4.69) is 111 Å². The SMILES string of the molecule is CC/C=C\C/C=C\C/C=C\C/C=C\C/C=C\C/C=C\CCCCCCCCCCCCCCCCCCCCCCCCC(=O)OC(COC(=O)CCCCCCC/C=C\C/C=C\CCCCCC)COP(=O)([O-])OCC[N+](C)(C)C. The Bertz CT molecular complexity index is 1690. The van der Waals surface area contributed by atoms with Crippen LogP contribution in [0.25, 0.3) is 0 Å². The van der Waals surface area contributed by atoms with E-state index in [1.165, 1.54) is 154 Å². The molecule has 0 saturated heterocycles. The zero-order valence-corrected chi connectivity index (χ0v) is 54.1. The van der Waals surface area contributed by atoms with Crippen LogP contribution in [0.1, 0.15) is 290 Å². The molecule has 0 spiro atoms. The second-order valence-corrected chi connectivity index (χ2v) is 24.9. The van der Waals surface area contributed by atoms with E-state index in [1.54, 1.807) is 0 Å². The maximum atomic E-state index is 12.8. The van der Waals surface area contributed by atoms with E-state index < -0.39 is 32.5 Å². The summed E-state index contributed by atoms with van der Waals surface area (Å²) in [7, 11) is 1.16. The highest BCUT2D eigenvalue weighted by Gasteiger charge is 2.22. The molecule has 0 rings (SSSR count). The average molecular weight is 1150 g/mol. The van der Waals surface area contributed by atoms with Crippen LogP contribution in [0.4, 0.5) is 0 Å². The van der Waals surface area contributed by atoms with Gasteiger partial charge in [0.2, 0.25) is 0 Å². The van der Waals surface area contributed by atoms with Crippen molar-refractivity contribution in [2.75, 3.05) is 47.5 Å². The second-order valence-electron chi connectivity index (χ2n) is 23.5. The Hall–Kier alpha value is -3.07. The number of unbranched alkanes of at least 4 members (excludes halogenated alkanes) is 31. The summed E-state index contributed by atoms with van der Waals surface area (Å²) in [5.41, 5.74) is 0. The third-order valence-corrected chi connectivity index (χ3v) is 15.3. The molecular formula is C71H126NO8P. The molecule has 468 valence electrons. The lowest BCUT2D eigenvalue weighted by molar-refractivity contribution is -0.870. The Balaban J connectivity index is 3.93. The Kier molecular flexibility index (Phi) is 59.2. The van der Waals surface area contributed by atoms with Crippen LogP contribution >= 0.6 is 7.82 Å². The van der Waals surface area contributed by atoms with Crippen LogP contribution in [0.5, 0.6) is 0 Å². The molecule has 0 saturated carbocycles. The first-order chi connectivity index (χ1) is 39.5. The summed E-state index contributed by atoms with van der Waals surface area (Å²) < 4.78 is 34.2. The van der Waals surface area contributed by atoms with Gasteiger partial charge in [0.05, 0.1) is 27.7 Å². The standard InChI is InChI=1S/C71H126NO8P/c1-6-8-10-12-14-16-18-20-22-24-25-26-27-28-29-30-31-32-33-34-35-36-37-38-39-40-41-42-43-44-45-46-47-48-50-52-54-56-58-60-62-64-71(74)80-69(68-79-81(75,76)78-66-65-72(3,4)5)67-77-70(73)63-61-59-57-55-53-51-49-23-21-19-17-15-13-11-9-7-2/h8,10,14,16-17,19-20,22-23,25-26,28-29,31-32,49,69H,6-7,9,11-13,15,18,21,24,27,30,33-48,50-68H2,1-5H3/b10-8-,16-14-,19-17-,22-20-,26-25-,29-28-,32-31-,49-23-. The lowest BCUT2D eigenvalue weighted by Gasteiger charge is -2.28. The largest absolute Gasteiger partial charge is 0.756 e. The summed E-state index contributed by atoms with van der Waals surface area (Å²) in [4.78, 5) is 37.9. The van der Waals surface area contributed by atoms with Gasteiger partial charge in [-0.15, -0.1) is 0 Å². The van der Waals surface area contributed by atoms with Gasteiger partial charge in [-0.3, -0.25) is 14.2 Å². The van der Waals surface area contributed by atoms with Gasteiger partial charge in [0, 0.05) is 12.8 Å². The number of likely N-dealkylation sites (N-methyl/N-ethyl adjacent to an activating group) is 1. The molecular weight excluding hydrogens is 1030 g/mol. The Labute approximate surface area is 500 Å². The molecule has 0 aromatic rings. The smallest absolute Gasteiger partial charge is 0.306 e. The quantitative estimate of drug-likeness (QED) is 0.0195. The maximum absolute atomic E-state index is 12.8. The molecule has 10 heteroatoms. The summed E-state index contributed by atoms with van der Waals surface area (Å²) in [6, 6.07) is 0. The second kappa shape index (κ2) is 61.5. The highest BCUT2D eigenvalue weighted by Crippen LogP contribution is 2.38. The minimum atomic E-state index is -4.64. The van der Waals surface area contributed by atoms with Crippen molar-refractivity contribution in [1.82, 2.24) is 0 Å². The summed E-state index contributed by atoms with van der Waals surface area (Å²) in [5.74, 6) is -0.842. The lowest BCUT2D eigenvalue weighted by atomic mass is 10.0. The molecule has 0 heterocycles. The highest BCUT2D eigenvalue weighted by molar-refractivity contribution is 7.45. The van der Waals surface area contributed by atoms with E-state index in [0.717, 1.165) is 96.3 Å². The van der Waals surface area contributed by atoms with Crippen LogP contribution in [-0.4, -0.2) is 70.0 Å². The number of carbonyl (C=O) groups excluding carboxylic acids is 2. The first-order valence-corrected chi connectivity index (χ1v) is 34.9. The molecule has 0 amide bonds. The summed E-state index contributed by atoms with van der Waals surface area (Å²) >= 11 is 0. The van der Waals surface area contributed by atoms with Crippen molar-refractivity contribution in [2.45, 2.75) is 296 Å². The Morgan fingerprint density at radius 3 is 1.05 bits per heavy atom. The number of allylic oxidation sites excluding steroid dienone is 16. The zero-order valence-electron chi connectivity index (χ0n) is 53.2. The summed E-state index contributed by atoms with van der Waals surface area (Å²) in [5, 5.41) is 0. The summed E-state index contributed by atoms with van der Waals surface area (Å²) in [6.07, 6.45) is 84.9. The number of esters is 2. The monoisotopic (exact) mass is 1150 g/mol. The molecule has 0 bridgehead atoms. The number of hydrogen-bond donors (Lipinski definition) is 0. The van der Waals surface area contributed by atoms with Gasteiger partial charge in [-0.05, 0) is 96.3 Å². The zero-order chi connectivity index (χ0) is 59.1. The van der Waals surface area contributed by atoms with Gasteiger partial charge in [-0.25, -0.2) is 0 Å². The number of quaternary nitrogens is 1. The van der Waals surface area contributed by atoms with Crippen LogP contribution in [0.2, 0.25) is 0 Å². The van der Waals surface area contributed by atoms with Crippen LogP contribution in [0.3, 0.4) is 0 Å². The molecule has 0 radical (unpaired) electrons. The molecule has 0 aromatic carbocycles. The number of hydrogen-bond acceptors (Lipinski definition) is 8. The fraction of sp³-hybridized carbons (Fsp3) is 0.746.